The summed E-state index contributed by atoms with van der Waals surface area (Å²) in [5.74, 6) is 1.44. The van der Waals surface area contributed by atoms with E-state index in [-0.39, 0.29) is 0 Å². The Morgan fingerprint density at radius 2 is 2.00 bits per heavy atom. The van der Waals surface area contributed by atoms with Crippen LogP contribution in [0.15, 0.2) is 35.4 Å². The largest absolute Gasteiger partial charge is 0.342 e. The molecule has 3 rings (SSSR count). The molecule has 106 valence electrons. The van der Waals surface area contributed by atoms with E-state index >= 15 is 0 Å². The van der Waals surface area contributed by atoms with Crippen molar-refractivity contribution in [3.05, 3.63) is 36.3 Å². The minimum atomic E-state index is -3.14. The van der Waals surface area contributed by atoms with E-state index < -0.39 is 9.84 Å². The average Bonchev–Trinajstić information content (AvgIpc) is 3.09. The van der Waals surface area contributed by atoms with Crippen LogP contribution in [0.3, 0.4) is 0 Å². The van der Waals surface area contributed by atoms with Crippen LogP contribution in [-0.2, 0) is 9.84 Å². The van der Waals surface area contributed by atoms with Crippen molar-refractivity contribution in [2.24, 2.45) is 0 Å². The van der Waals surface area contributed by atoms with Crippen LogP contribution in [0.5, 0.6) is 0 Å². The summed E-state index contributed by atoms with van der Waals surface area (Å²) < 4.78 is 22.9. The topological polar surface area (TPSA) is 74.8 Å². The van der Waals surface area contributed by atoms with Gasteiger partial charge in [-0.3, -0.25) is 0 Å². The quantitative estimate of drug-likeness (QED) is 0.900. The molecule has 1 unspecified atom stereocenters. The Morgan fingerprint density at radius 1 is 1.25 bits per heavy atom. The number of rotatable bonds is 3. The lowest BCUT2D eigenvalue weighted by Gasteiger charge is -2.04. The fraction of sp³-hybridized carbons (Fsp3) is 0.357. The Bertz CT molecular complexity index is 698. The number of aromatic amines is 1. The van der Waals surface area contributed by atoms with Crippen molar-refractivity contribution >= 4 is 9.84 Å². The number of aromatic nitrogens is 2. The zero-order chi connectivity index (χ0) is 14.2. The van der Waals surface area contributed by atoms with Gasteiger partial charge in [0.15, 0.2) is 9.84 Å². The second kappa shape index (κ2) is 5.03. The van der Waals surface area contributed by atoms with Gasteiger partial charge in [0.05, 0.1) is 16.8 Å². The van der Waals surface area contributed by atoms with Gasteiger partial charge in [0.1, 0.15) is 5.82 Å². The molecule has 0 spiro atoms. The molecule has 1 saturated heterocycles. The molecular weight excluding hydrogens is 274 g/mol. The smallest absolute Gasteiger partial charge is 0.175 e. The van der Waals surface area contributed by atoms with Gasteiger partial charge in [0.25, 0.3) is 0 Å². The van der Waals surface area contributed by atoms with Crippen LogP contribution < -0.4 is 5.32 Å². The van der Waals surface area contributed by atoms with Gasteiger partial charge >= 0.3 is 0 Å². The molecule has 1 aliphatic rings. The van der Waals surface area contributed by atoms with Gasteiger partial charge in [-0.15, -0.1) is 0 Å². The van der Waals surface area contributed by atoms with Crippen molar-refractivity contribution in [1.29, 1.82) is 0 Å². The van der Waals surface area contributed by atoms with Crippen molar-refractivity contribution in [3.8, 4) is 11.3 Å². The fourth-order valence-corrected chi connectivity index (χ4v) is 3.09. The first-order valence-corrected chi connectivity index (χ1v) is 8.49. The minimum Gasteiger partial charge on any atom is -0.342 e. The lowest BCUT2D eigenvalue weighted by molar-refractivity contribution is 0.602. The normalized spacial score (nSPS) is 19.4. The van der Waals surface area contributed by atoms with Crippen LogP contribution >= 0.6 is 0 Å². The predicted molar refractivity (Wildman–Crippen MR) is 77.4 cm³/mol. The second-order valence-electron chi connectivity index (χ2n) is 5.17. The Labute approximate surface area is 118 Å². The molecule has 5 nitrogen and oxygen atoms in total. The van der Waals surface area contributed by atoms with E-state index in [1.807, 2.05) is 6.20 Å². The lowest BCUT2D eigenvalue weighted by Crippen LogP contribution is -2.08. The highest BCUT2D eigenvalue weighted by atomic mass is 32.2. The van der Waals surface area contributed by atoms with E-state index in [9.17, 15) is 8.42 Å². The SMILES string of the molecule is CS(=O)(=O)c1ccc(-c2cnc(C3CCNC3)[nH]2)cc1. The van der Waals surface area contributed by atoms with Crippen LogP contribution in [0.1, 0.15) is 18.2 Å². The van der Waals surface area contributed by atoms with Crippen LogP contribution in [0.25, 0.3) is 11.3 Å². The van der Waals surface area contributed by atoms with Gasteiger partial charge in [-0.05, 0) is 30.7 Å². The first-order valence-electron chi connectivity index (χ1n) is 6.60. The van der Waals surface area contributed by atoms with Gasteiger partial charge < -0.3 is 10.3 Å². The monoisotopic (exact) mass is 291 g/mol. The fourth-order valence-electron chi connectivity index (χ4n) is 2.46. The van der Waals surface area contributed by atoms with E-state index in [0.29, 0.717) is 10.8 Å². The van der Waals surface area contributed by atoms with Crippen LogP contribution in [0, 0.1) is 0 Å². The summed E-state index contributed by atoms with van der Waals surface area (Å²) in [7, 11) is -3.14. The number of hydrogen-bond acceptors (Lipinski definition) is 4. The third-order valence-corrected chi connectivity index (χ3v) is 4.76. The Hall–Kier alpha value is -1.66. The Morgan fingerprint density at radius 3 is 2.60 bits per heavy atom. The number of benzene rings is 1. The third-order valence-electron chi connectivity index (χ3n) is 3.64. The summed E-state index contributed by atoms with van der Waals surface area (Å²) in [6.07, 6.45) is 4.12. The summed E-state index contributed by atoms with van der Waals surface area (Å²) in [6.45, 7) is 1.99. The molecule has 0 amide bonds. The highest BCUT2D eigenvalue weighted by Crippen LogP contribution is 2.24. The molecule has 2 heterocycles. The molecule has 1 aromatic heterocycles. The Kier molecular flexibility index (Phi) is 3.35. The molecule has 1 atom stereocenters. The van der Waals surface area contributed by atoms with Crippen LogP contribution in [-0.4, -0.2) is 37.7 Å². The molecule has 2 N–H and O–H groups in total. The summed E-state index contributed by atoms with van der Waals surface area (Å²) in [5.41, 5.74) is 1.87. The highest BCUT2D eigenvalue weighted by molar-refractivity contribution is 7.90. The number of sulfone groups is 1. The maximum atomic E-state index is 11.4. The van der Waals surface area contributed by atoms with Gasteiger partial charge in [0, 0.05) is 18.7 Å². The van der Waals surface area contributed by atoms with E-state index in [4.69, 9.17) is 0 Å². The second-order valence-corrected chi connectivity index (χ2v) is 7.18. The number of hydrogen-bond donors (Lipinski definition) is 2. The summed E-state index contributed by atoms with van der Waals surface area (Å²) in [4.78, 5) is 8.10. The molecule has 2 aromatic rings. The molecule has 1 fully saturated rings. The predicted octanol–water partition coefficient (Wildman–Crippen LogP) is 1.56. The molecule has 20 heavy (non-hydrogen) atoms. The average molecular weight is 291 g/mol. The maximum absolute atomic E-state index is 11.4. The molecular formula is C14H17N3O2S. The van der Waals surface area contributed by atoms with Gasteiger partial charge in [-0.25, -0.2) is 13.4 Å². The van der Waals surface area contributed by atoms with Gasteiger partial charge in [0.2, 0.25) is 0 Å². The Balaban J connectivity index is 1.86. The van der Waals surface area contributed by atoms with Gasteiger partial charge in [-0.1, -0.05) is 12.1 Å². The minimum absolute atomic E-state index is 0.334. The van der Waals surface area contributed by atoms with Crippen molar-refractivity contribution in [3.63, 3.8) is 0 Å². The standard InChI is InChI=1S/C14H17N3O2S/c1-20(18,19)12-4-2-10(3-5-12)13-9-16-14(17-13)11-6-7-15-8-11/h2-5,9,11,15H,6-8H2,1H3,(H,16,17). The van der Waals surface area contributed by atoms with Crippen molar-refractivity contribution in [2.45, 2.75) is 17.2 Å². The number of nitrogens with zero attached hydrogens (tertiary/aromatic N) is 1. The number of nitrogens with one attached hydrogen (secondary N) is 2. The first kappa shape index (κ1) is 13.3. The molecule has 0 saturated carbocycles. The van der Waals surface area contributed by atoms with Crippen LogP contribution in [0.4, 0.5) is 0 Å². The lowest BCUT2D eigenvalue weighted by atomic mass is 10.1. The summed E-state index contributed by atoms with van der Waals surface area (Å²) in [5, 5.41) is 3.32. The van der Waals surface area contributed by atoms with Crippen LogP contribution in [0.2, 0.25) is 0 Å². The maximum Gasteiger partial charge on any atom is 0.175 e. The zero-order valence-electron chi connectivity index (χ0n) is 11.3. The number of imidazole rings is 1. The molecule has 0 bridgehead atoms. The first-order chi connectivity index (χ1) is 9.54. The number of H-pyrrole nitrogens is 1. The molecule has 0 aliphatic carbocycles. The van der Waals surface area contributed by atoms with E-state index in [2.05, 4.69) is 15.3 Å². The molecule has 0 radical (unpaired) electrons. The molecule has 1 aliphatic heterocycles. The molecule has 1 aromatic carbocycles. The highest BCUT2D eigenvalue weighted by Gasteiger charge is 2.19. The van der Waals surface area contributed by atoms with Gasteiger partial charge in [-0.2, -0.15) is 0 Å². The van der Waals surface area contributed by atoms with Crippen molar-refractivity contribution in [2.75, 3.05) is 19.3 Å². The molecule has 6 heteroatoms. The van der Waals surface area contributed by atoms with E-state index in [0.717, 1.165) is 36.6 Å². The van der Waals surface area contributed by atoms with E-state index in [1.165, 1.54) is 6.26 Å². The summed E-state index contributed by atoms with van der Waals surface area (Å²) >= 11 is 0. The van der Waals surface area contributed by atoms with E-state index in [1.54, 1.807) is 24.3 Å². The summed E-state index contributed by atoms with van der Waals surface area (Å²) in [6, 6.07) is 6.87. The van der Waals surface area contributed by atoms with Crippen molar-refractivity contribution < 1.29 is 8.42 Å². The zero-order valence-corrected chi connectivity index (χ0v) is 12.1. The third kappa shape index (κ3) is 2.62. The van der Waals surface area contributed by atoms with Crippen molar-refractivity contribution in [1.82, 2.24) is 15.3 Å².